The summed E-state index contributed by atoms with van der Waals surface area (Å²) < 4.78 is 27.5. The largest absolute Gasteiger partial charge is 0.277 e. The zero-order chi connectivity index (χ0) is 19.0. The Morgan fingerprint density at radius 1 is 0.889 bits per heavy atom. The smallest absolute Gasteiger partial charge is 0.266 e. The molecule has 3 aromatic carbocycles. The Hall–Kier alpha value is -3.19. The maximum atomic E-state index is 13.0. The molecule has 0 amide bonds. The van der Waals surface area contributed by atoms with E-state index in [-0.39, 0.29) is 10.6 Å². The maximum Gasteiger partial charge on any atom is 0.277 e. The fourth-order valence-electron chi connectivity index (χ4n) is 3.37. The van der Waals surface area contributed by atoms with Crippen LogP contribution in [0.15, 0.2) is 77.7 Å². The van der Waals surface area contributed by atoms with E-state index in [4.69, 9.17) is 0 Å². The number of hydrogen-bond donors (Lipinski definition) is 0. The monoisotopic (exact) mass is 380 g/mol. The summed E-state index contributed by atoms with van der Waals surface area (Å²) in [6, 6.07) is 20.1. The van der Waals surface area contributed by atoms with Gasteiger partial charge in [0.1, 0.15) is 0 Å². The summed E-state index contributed by atoms with van der Waals surface area (Å²) in [5.41, 5.74) is 2.76. The predicted molar refractivity (Wildman–Crippen MR) is 103 cm³/mol. The molecule has 0 saturated heterocycles. The topological polar surface area (TPSA) is 80.5 Å². The molecule has 0 aromatic heterocycles. The first-order valence-electron chi connectivity index (χ1n) is 8.43. The molecule has 4 rings (SSSR count). The molecule has 1 aliphatic rings. The van der Waals surface area contributed by atoms with E-state index in [0.717, 1.165) is 5.56 Å². The molecule has 7 heteroatoms. The van der Waals surface area contributed by atoms with Gasteiger partial charge in [-0.1, -0.05) is 42.5 Å². The molecule has 3 aromatic rings. The molecule has 136 valence electrons. The molecule has 0 spiro atoms. The minimum absolute atomic E-state index is 0.0124. The average molecular weight is 380 g/mol. The Balaban J connectivity index is 1.70. The SMILES string of the molecule is O=[N+]([O-])c1ccccc1-c1ccc(S(=O)(=O)N2CCc3ccccc32)cc1. The van der Waals surface area contributed by atoms with Crippen LogP contribution in [0.25, 0.3) is 11.1 Å². The number of nitro benzene ring substituents is 1. The zero-order valence-corrected chi connectivity index (χ0v) is 15.1. The molecule has 0 N–H and O–H groups in total. The fourth-order valence-corrected chi connectivity index (χ4v) is 4.87. The van der Waals surface area contributed by atoms with Gasteiger partial charge in [0, 0.05) is 12.6 Å². The van der Waals surface area contributed by atoms with Crippen molar-refractivity contribution in [3.8, 4) is 11.1 Å². The third kappa shape index (κ3) is 2.96. The maximum absolute atomic E-state index is 13.0. The van der Waals surface area contributed by atoms with Crippen LogP contribution in [0.5, 0.6) is 0 Å². The van der Waals surface area contributed by atoms with E-state index in [1.165, 1.54) is 22.5 Å². The molecule has 1 heterocycles. The summed E-state index contributed by atoms with van der Waals surface area (Å²) in [6.07, 6.45) is 0.684. The van der Waals surface area contributed by atoms with Crippen LogP contribution in [0.2, 0.25) is 0 Å². The first kappa shape index (κ1) is 17.2. The number of sulfonamides is 1. The second kappa shape index (κ2) is 6.51. The molecule has 0 fully saturated rings. The highest BCUT2D eigenvalue weighted by molar-refractivity contribution is 7.92. The van der Waals surface area contributed by atoms with Gasteiger partial charge in [-0.25, -0.2) is 8.42 Å². The number of nitrogens with zero attached hydrogens (tertiary/aromatic N) is 2. The Morgan fingerprint density at radius 3 is 2.30 bits per heavy atom. The van der Waals surface area contributed by atoms with Gasteiger partial charge in [-0.15, -0.1) is 0 Å². The van der Waals surface area contributed by atoms with Crippen molar-refractivity contribution in [1.29, 1.82) is 0 Å². The van der Waals surface area contributed by atoms with Gasteiger partial charge in [0.2, 0.25) is 0 Å². The van der Waals surface area contributed by atoms with Crippen LogP contribution in [0.4, 0.5) is 11.4 Å². The molecule has 0 aliphatic carbocycles. The van der Waals surface area contributed by atoms with Crippen LogP contribution < -0.4 is 4.31 Å². The first-order valence-corrected chi connectivity index (χ1v) is 9.87. The third-order valence-electron chi connectivity index (χ3n) is 4.70. The molecule has 0 radical (unpaired) electrons. The van der Waals surface area contributed by atoms with Gasteiger partial charge >= 0.3 is 0 Å². The summed E-state index contributed by atoms with van der Waals surface area (Å²) in [5, 5.41) is 11.2. The van der Waals surface area contributed by atoms with Gasteiger partial charge < -0.3 is 0 Å². The van der Waals surface area contributed by atoms with Gasteiger partial charge in [0.25, 0.3) is 15.7 Å². The van der Waals surface area contributed by atoms with Crippen LogP contribution in [0, 0.1) is 10.1 Å². The average Bonchev–Trinajstić information content (AvgIpc) is 3.13. The minimum atomic E-state index is -3.68. The molecule has 0 saturated carbocycles. The second-order valence-corrected chi connectivity index (χ2v) is 8.12. The van der Waals surface area contributed by atoms with Crippen molar-refractivity contribution in [2.45, 2.75) is 11.3 Å². The van der Waals surface area contributed by atoms with Crippen LogP contribution in [-0.2, 0) is 16.4 Å². The van der Waals surface area contributed by atoms with Gasteiger partial charge in [0.05, 0.1) is 21.1 Å². The normalized spacial score (nSPS) is 13.4. The summed E-state index contributed by atoms with van der Waals surface area (Å²) in [4.78, 5) is 10.9. The highest BCUT2D eigenvalue weighted by atomic mass is 32.2. The quantitative estimate of drug-likeness (QED) is 0.506. The summed E-state index contributed by atoms with van der Waals surface area (Å²) in [5.74, 6) is 0. The first-order chi connectivity index (χ1) is 13.0. The van der Waals surface area contributed by atoms with E-state index >= 15 is 0 Å². The van der Waals surface area contributed by atoms with E-state index in [0.29, 0.717) is 29.8 Å². The summed E-state index contributed by atoms with van der Waals surface area (Å²) >= 11 is 0. The van der Waals surface area contributed by atoms with E-state index in [1.807, 2.05) is 24.3 Å². The summed E-state index contributed by atoms with van der Waals surface area (Å²) in [7, 11) is -3.68. The number of nitro groups is 1. The number of rotatable bonds is 4. The fraction of sp³-hybridized carbons (Fsp3) is 0.100. The predicted octanol–water partition coefficient (Wildman–Crippen LogP) is 4.01. The van der Waals surface area contributed by atoms with Crippen molar-refractivity contribution < 1.29 is 13.3 Å². The van der Waals surface area contributed by atoms with Crippen molar-refractivity contribution in [3.63, 3.8) is 0 Å². The Labute approximate surface area is 156 Å². The zero-order valence-electron chi connectivity index (χ0n) is 14.3. The van der Waals surface area contributed by atoms with Crippen LogP contribution in [-0.4, -0.2) is 19.9 Å². The highest BCUT2D eigenvalue weighted by Gasteiger charge is 2.30. The lowest BCUT2D eigenvalue weighted by Gasteiger charge is -2.19. The Morgan fingerprint density at radius 2 is 1.56 bits per heavy atom. The minimum Gasteiger partial charge on any atom is -0.266 e. The standard InChI is InChI=1S/C20H16N2O4S/c23-22(24)20-8-4-2-6-18(20)15-9-11-17(12-10-15)27(25,26)21-14-13-16-5-1-3-7-19(16)21/h1-12H,13-14H2. The Bertz CT molecular complexity index is 1120. The number of benzene rings is 3. The molecular formula is C20H16N2O4S. The second-order valence-electron chi connectivity index (χ2n) is 6.25. The number of para-hydroxylation sites is 2. The number of hydrogen-bond acceptors (Lipinski definition) is 4. The van der Waals surface area contributed by atoms with E-state index in [2.05, 4.69) is 0 Å². The molecule has 0 bridgehead atoms. The van der Waals surface area contributed by atoms with Gasteiger partial charge in [-0.05, 0) is 41.8 Å². The van der Waals surface area contributed by atoms with Crippen molar-refractivity contribution in [3.05, 3.63) is 88.5 Å². The molecular weight excluding hydrogens is 364 g/mol. The van der Waals surface area contributed by atoms with Crippen LogP contribution >= 0.6 is 0 Å². The lowest BCUT2D eigenvalue weighted by molar-refractivity contribution is -0.384. The van der Waals surface area contributed by atoms with Crippen molar-refractivity contribution in [1.82, 2.24) is 0 Å². The third-order valence-corrected chi connectivity index (χ3v) is 6.53. The van der Waals surface area contributed by atoms with E-state index < -0.39 is 14.9 Å². The molecule has 0 unspecified atom stereocenters. The van der Waals surface area contributed by atoms with Gasteiger partial charge in [-0.2, -0.15) is 0 Å². The lowest BCUT2D eigenvalue weighted by Crippen LogP contribution is -2.29. The van der Waals surface area contributed by atoms with Crippen LogP contribution in [0.3, 0.4) is 0 Å². The molecule has 27 heavy (non-hydrogen) atoms. The molecule has 6 nitrogen and oxygen atoms in total. The summed E-state index contributed by atoms with van der Waals surface area (Å²) in [6.45, 7) is 0.410. The number of anilines is 1. The Kier molecular flexibility index (Phi) is 4.16. The van der Waals surface area contributed by atoms with Crippen molar-refractivity contribution in [2.24, 2.45) is 0 Å². The van der Waals surface area contributed by atoms with Gasteiger partial charge in [0.15, 0.2) is 0 Å². The highest BCUT2D eigenvalue weighted by Crippen LogP contribution is 2.34. The number of fused-ring (bicyclic) bond motifs is 1. The van der Waals surface area contributed by atoms with Crippen molar-refractivity contribution in [2.75, 3.05) is 10.8 Å². The van der Waals surface area contributed by atoms with Gasteiger partial charge in [-0.3, -0.25) is 14.4 Å². The molecule has 0 atom stereocenters. The molecule has 1 aliphatic heterocycles. The van der Waals surface area contributed by atoms with Crippen LogP contribution in [0.1, 0.15) is 5.56 Å². The lowest BCUT2D eigenvalue weighted by atomic mass is 10.0. The van der Waals surface area contributed by atoms with E-state index in [1.54, 1.807) is 30.3 Å². The van der Waals surface area contributed by atoms with E-state index in [9.17, 15) is 18.5 Å². The van der Waals surface area contributed by atoms with Crippen molar-refractivity contribution >= 4 is 21.4 Å².